The van der Waals surface area contributed by atoms with E-state index in [1.807, 2.05) is 13.8 Å². The average molecular weight is 358 g/mol. The molecule has 3 amide bonds. The van der Waals surface area contributed by atoms with Crippen molar-refractivity contribution in [1.82, 2.24) is 9.96 Å². The molecule has 138 valence electrons. The molecule has 26 heavy (non-hydrogen) atoms. The number of piperidine rings is 1. The van der Waals surface area contributed by atoms with Gasteiger partial charge in [-0.25, -0.2) is 4.79 Å². The molecule has 0 aromatic heterocycles. The first-order chi connectivity index (χ1) is 12.4. The number of fused-ring (bicyclic) bond motifs is 1. The minimum Gasteiger partial charge on any atom is -0.329 e. The van der Waals surface area contributed by atoms with E-state index in [1.165, 1.54) is 17.0 Å². The summed E-state index contributed by atoms with van der Waals surface area (Å²) in [5.41, 5.74) is 0.420. The van der Waals surface area contributed by atoms with Crippen molar-refractivity contribution in [2.45, 2.75) is 45.6 Å². The first kappa shape index (κ1) is 18.1. The highest BCUT2D eigenvalue weighted by molar-refractivity contribution is 6.20. The molecule has 0 radical (unpaired) electrons. The van der Waals surface area contributed by atoms with Crippen LogP contribution in [0.2, 0.25) is 0 Å². The van der Waals surface area contributed by atoms with E-state index in [1.54, 1.807) is 12.1 Å². The number of amides is 3. The van der Waals surface area contributed by atoms with Gasteiger partial charge in [0.25, 0.3) is 11.8 Å². The van der Waals surface area contributed by atoms with Gasteiger partial charge in [0.15, 0.2) is 0 Å². The normalized spacial score (nSPS) is 19.7. The van der Waals surface area contributed by atoms with Crippen molar-refractivity contribution >= 4 is 23.7 Å². The summed E-state index contributed by atoms with van der Waals surface area (Å²) in [6.07, 6.45) is 2.41. The summed E-state index contributed by atoms with van der Waals surface area (Å²) in [4.78, 5) is 56.4. The topological polar surface area (TPSA) is 84.0 Å². The van der Waals surface area contributed by atoms with Gasteiger partial charge in [0.05, 0.1) is 11.1 Å². The van der Waals surface area contributed by atoms with Crippen molar-refractivity contribution in [2.75, 3.05) is 6.54 Å². The van der Waals surface area contributed by atoms with Gasteiger partial charge in [-0.1, -0.05) is 31.0 Å². The minimum absolute atomic E-state index is 0.107. The van der Waals surface area contributed by atoms with Crippen molar-refractivity contribution in [3.8, 4) is 0 Å². The molecule has 2 aliphatic rings. The van der Waals surface area contributed by atoms with Crippen LogP contribution in [0.5, 0.6) is 0 Å². The fourth-order valence-electron chi connectivity index (χ4n) is 3.34. The van der Waals surface area contributed by atoms with Crippen molar-refractivity contribution in [3.05, 3.63) is 35.4 Å². The van der Waals surface area contributed by atoms with Crippen LogP contribution in [0.25, 0.3) is 0 Å². The lowest BCUT2D eigenvalue weighted by Crippen LogP contribution is -2.50. The van der Waals surface area contributed by atoms with E-state index in [9.17, 15) is 19.2 Å². The Balaban J connectivity index is 1.73. The van der Waals surface area contributed by atoms with Crippen molar-refractivity contribution in [2.24, 2.45) is 5.92 Å². The number of carbonyl (C=O) groups excluding carboxylic acids is 4. The minimum atomic E-state index is -0.765. The third-order valence-corrected chi connectivity index (χ3v) is 4.62. The van der Waals surface area contributed by atoms with Crippen LogP contribution in [0.15, 0.2) is 24.3 Å². The zero-order chi connectivity index (χ0) is 18.8. The Hall–Kier alpha value is -2.70. The summed E-state index contributed by atoms with van der Waals surface area (Å²) in [6, 6.07) is 5.55. The van der Waals surface area contributed by atoms with E-state index in [4.69, 9.17) is 4.84 Å². The number of hydrogen-bond acceptors (Lipinski definition) is 5. The first-order valence-corrected chi connectivity index (χ1v) is 8.89. The summed E-state index contributed by atoms with van der Waals surface area (Å²) in [5.74, 6) is -1.98. The monoisotopic (exact) mass is 358 g/mol. The predicted molar refractivity (Wildman–Crippen MR) is 91.8 cm³/mol. The van der Waals surface area contributed by atoms with Gasteiger partial charge in [-0.2, -0.15) is 0 Å². The fraction of sp³-hybridized carbons (Fsp3) is 0.474. The Bertz CT molecular complexity index is 723. The number of likely N-dealkylation sites (tertiary alicyclic amines) is 1. The van der Waals surface area contributed by atoms with E-state index in [0.717, 1.165) is 12.8 Å². The predicted octanol–water partition coefficient (Wildman–Crippen LogP) is 2.17. The lowest BCUT2D eigenvalue weighted by molar-refractivity contribution is -0.178. The highest BCUT2D eigenvalue weighted by Crippen LogP contribution is 2.25. The van der Waals surface area contributed by atoms with Gasteiger partial charge in [0.1, 0.15) is 6.04 Å². The molecule has 1 unspecified atom stereocenters. The number of benzene rings is 1. The smallest absolute Gasteiger partial charge is 0.329 e. The molecule has 0 spiro atoms. The Morgan fingerprint density at radius 3 is 2.31 bits per heavy atom. The molecular weight excluding hydrogens is 336 g/mol. The second kappa shape index (κ2) is 7.27. The Labute approximate surface area is 151 Å². The standard InChI is InChI=1S/C19H22N2O5/c1-12(2)11-16(22)20-10-6-5-9-15(20)19(25)26-21-17(23)13-7-3-4-8-14(13)18(21)24/h3-4,7-8,12,15H,5-6,9-11H2,1-2H3. The third-order valence-electron chi connectivity index (χ3n) is 4.62. The maximum atomic E-state index is 12.6. The Morgan fingerprint density at radius 1 is 1.12 bits per heavy atom. The van der Waals surface area contributed by atoms with Crippen LogP contribution in [-0.2, 0) is 14.4 Å². The number of imide groups is 1. The maximum absolute atomic E-state index is 12.6. The third kappa shape index (κ3) is 3.34. The number of nitrogens with zero attached hydrogens (tertiary/aromatic N) is 2. The lowest BCUT2D eigenvalue weighted by Gasteiger charge is -2.34. The van der Waals surface area contributed by atoms with Crippen LogP contribution in [0.3, 0.4) is 0 Å². The van der Waals surface area contributed by atoms with Gasteiger partial charge >= 0.3 is 5.97 Å². The molecule has 3 rings (SSSR count). The number of hydroxylamine groups is 2. The molecule has 1 aromatic rings. The summed E-state index contributed by atoms with van der Waals surface area (Å²) in [7, 11) is 0. The van der Waals surface area contributed by atoms with Crippen LogP contribution in [0.1, 0.15) is 60.2 Å². The highest BCUT2D eigenvalue weighted by atomic mass is 16.7. The average Bonchev–Trinajstić information content (AvgIpc) is 2.86. The summed E-state index contributed by atoms with van der Waals surface area (Å²) in [5, 5.41) is 0.507. The van der Waals surface area contributed by atoms with E-state index >= 15 is 0 Å². The molecule has 2 aliphatic heterocycles. The molecule has 1 atom stereocenters. The molecule has 1 aromatic carbocycles. The van der Waals surface area contributed by atoms with E-state index in [-0.39, 0.29) is 23.0 Å². The van der Waals surface area contributed by atoms with Gasteiger partial charge in [-0.3, -0.25) is 14.4 Å². The molecule has 1 saturated heterocycles. The van der Waals surface area contributed by atoms with Crippen LogP contribution in [0, 0.1) is 5.92 Å². The lowest BCUT2D eigenvalue weighted by atomic mass is 10.0. The zero-order valence-corrected chi connectivity index (χ0v) is 14.9. The van der Waals surface area contributed by atoms with Crippen molar-refractivity contribution in [1.29, 1.82) is 0 Å². The largest absolute Gasteiger partial charge is 0.355 e. The second-order valence-corrected chi connectivity index (χ2v) is 7.06. The van der Waals surface area contributed by atoms with Crippen LogP contribution in [-0.4, -0.2) is 46.2 Å². The number of rotatable bonds is 4. The molecule has 7 heteroatoms. The first-order valence-electron chi connectivity index (χ1n) is 8.89. The maximum Gasteiger partial charge on any atom is 0.355 e. The molecule has 0 N–H and O–H groups in total. The van der Waals surface area contributed by atoms with Gasteiger partial charge in [-0.05, 0) is 37.3 Å². The van der Waals surface area contributed by atoms with Gasteiger partial charge in [-0.15, -0.1) is 0 Å². The molecule has 0 aliphatic carbocycles. The van der Waals surface area contributed by atoms with Crippen LogP contribution < -0.4 is 0 Å². The van der Waals surface area contributed by atoms with E-state index < -0.39 is 23.8 Å². The quantitative estimate of drug-likeness (QED) is 0.770. The number of carbonyl (C=O) groups is 4. The summed E-state index contributed by atoms with van der Waals surface area (Å²) < 4.78 is 0. The van der Waals surface area contributed by atoms with Crippen LogP contribution in [0.4, 0.5) is 0 Å². The van der Waals surface area contributed by atoms with Gasteiger partial charge < -0.3 is 9.74 Å². The summed E-state index contributed by atoms with van der Waals surface area (Å²) >= 11 is 0. The number of hydrogen-bond donors (Lipinski definition) is 0. The molecule has 7 nitrogen and oxygen atoms in total. The molecular formula is C19H22N2O5. The molecule has 0 saturated carbocycles. The molecule has 2 heterocycles. The van der Waals surface area contributed by atoms with Crippen molar-refractivity contribution < 1.29 is 24.0 Å². The summed E-state index contributed by atoms with van der Waals surface area (Å²) in [6.45, 7) is 4.36. The fourth-order valence-corrected chi connectivity index (χ4v) is 3.34. The molecule has 1 fully saturated rings. The van der Waals surface area contributed by atoms with Crippen LogP contribution >= 0.6 is 0 Å². The van der Waals surface area contributed by atoms with Crippen molar-refractivity contribution in [3.63, 3.8) is 0 Å². The highest BCUT2D eigenvalue weighted by Gasteiger charge is 2.41. The Morgan fingerprint density at radius 2 is 1.73 bits per heavy atom. The van der Waals surface area contributed by atoms with E-state index in [2.05, 4.69) is 0 Å². The zero-order valence-electron chi connectivity index (χ0n) is 14.9. The van der Waals surface area contributed by atoms with Gasteiger partial charge in [0, 0.05) is 13.0 Å². The second-order valence-electron chi connectivity index (χ2n) is 7.06. The van der Waals surface area contributed by atoms with E-state index in [0.29, 0.717) is 24.4 Å². The molecule has 0 bridgehead atoms. The Kier molecular flexibility index (Phi) is 5.06. The SMILES string of the molecule is CC(C)CC(=O)N1CCCCC1C(=O)ON1C(=O)c2ccccc2C1=O. The van der Waals surface area contributed by atoms with Gasteiger partial charge in [0.2, 0.25) is 5.91 Å².